The molecule has 0 aliphatic heterocycles. The monoisotopic (exact) mass is 249 g/mol. The number of benzene rings is 1. The number of halogens is 3. The van der Waals surface area contributed by atoms with E-state index in [1.165, 1.54) is 6.07 Å². The molecule has 0 aliphatic rings. The highest BCUT2D eigenvalue weighted by atomic mass is 35.5. The average Bonchev–Trinajstić information content (AvgIpc) is 2.14. The van der Waals surface area contributed by atoms with Gasteiger partial charge in [-0.3, -0.25) is 0 Å². The third-order valence-corrected chi connectivity index (χ3v) is 2.50. The summed E-state index contributed by atoms with van der Waals surface area (Å²) in [6.07, 6.45) is 0.872. The van der Waals surface area contributed by atoms with E-state index in [0.29, 0.717) is 17.1 Å². The number of alkyl halides is 1. The Morgan fingerprint density at radius 2 is 2.20 bits per heavy atom. The first-order valence-corrected chi connectivity index (χ1v) is 5.69. The molecule has 1 unspecified atom stereocenters. The molecule has 0 spiro atoms. The van der Waals surface area contributed by atoms with Gasteiger partial charge in [0.15, 0.2) is 0 Å². The predicted octanol–water partition coefficient (Wildman–Crippen LogP) is 3.59. The van der Waals surface area contributed by atoms with Gasteiger partial charge in [-0.25, -0.2) is 4.39 Å². The fraction of sp³-hybridized carbons (Fsp3) is 0.455. The summed E-state index contributed by atoms with van der Waals surface area (Å²) >= 11 is 11.4. The van der Waals surface area contributed by atoms with Gasteiger partial charge in [-0.15, -0.1) is 11.6 Å². The molecule has 84 valence electrons. The fourth-order valence-electron chi connectivity index (χ4n) is 1.19. The zero-order chi connectivity index (χ0) is 11.3. The highest BCUT2D eigenvalue weighted by Crippen LogP contribution is 2.14. The molecule has 0 aromatic heterocycles. The van der Waals surface area contributed by atoms with E-state index in [0.717, 1.165) is 13.0 Å². The molecule has 0 bridgehead atoms. The van der Waals surface area contributed by atoms with Gasteiger partial charge in [0, 0.05) is 22.5 Å². The molecule has 1 rings (SSSR count). The molecule has 0 saturated heterocycles. The second-order valence-electron chi connectivity index (χ2n) is 3.48. The van der Waals surface area contributed by atoms with Crippen molar-refractivity contribution in [3.8, 4) is 0 Å². The van der Waals surface area contributed by atoms with E-state index in [-0.39, 0.29) is 11.2 Å². The summed E-state index contributed by atoms with van der Waals surface area (Å²) in [6.45, 7) is 3.23. The average molecular weight is 250 g/mol. The third kappa shape index (κ3) is 4.83. The van der Waals surface area contributed by atoms with Crippen LogP contribution in [0.25, 0.3) is 0 Å². The molecule has 1 aromatic carbocycles. The minimum atomic E-state index is -0.270. The quantitative estimate of drug-likeness (QED) is 0.622. The van der Waals surface area contributed by atoms with E-state index in [1.807, 2.05) is 6.92 Å². The molecule has 0 saturated carbocycles. The van der Waals surface area contributed by atoms with E-state index in [9.17, 15) is 4.39 Å². The lowest BCUT2D eigenvalue weighted by Crippen LogP contribution is -2.17. The molecule has 1 atom stereocenters. The molecule has 15 heavy (non-hydrogen) atoms. The van der Waals surface area contributed by atoms with Gasteiger partial charge in [-0.1, -0.05) is 17.7 Å². The summed E-state index contributed by atoms with van der Waals surface area (Å²) in [5, 5.41) is 3.69. The smallest absolute Gasteiger partial charge is 0.129 e. The van der Waals surface area contributed by atoms with Crippen LogP contribution in [0.4, 0.5) is 4.39 Å². The lowest BCUT2D eigenvalue weighted by atomic mass is 10.2. The summed E-state index contributed by atoms with van der Waals surface area (Å²) < 4.78 is 13.3. The Kier molecular flexibility index (Phi) is 5.37. The molecular weight excluding hydrogens is 236 g/mol. The Morgan fingerprint density at radius 1 is 1.47 bits per heavy atom. The van der Waals surface area contributed by atoms with E-state index in [2.05, 4.69) is 5.32 Å². The number of hydrogen-bond donors (Lipinski definition) is 1. The van der Waals surface area contributed by atoms with E-state index in [4.69, 9.17) is 23.2 Å². The maximum Gasteiger partial charge on any atom is 0.129 e. The van der Waals surface area contributed by atoms with Crippen molar-refractivity contribution in [3.63, 3.8) is 0 Å². The van der Waals surface area contributed by atoms with Crippen LogP contribution in [0.15, 0.2) is 18.2 Å². The van der Waals surface area contributed by atoms with Crippen molar-refractivity contribution in [2.45, 2.75) is 25.3 Å². The highest BCUT2D eigenvalue weighted by Gasteiger charge is 2.02. The lowest BCUT2D eigenvalue weighted by molar-refractivity contribution is 0.581. The van der Waals surface area contributed by atoms with E-state index in [1.54, 1.807) is 12.1 Å². The molecule has 0 heterocycles. The minimum Gasteiger partial charge on any atom is -0.313 e. The van der Waals surface area contributed by atoms with Crippen LogP contribution >= 0.6 is 23.2 Å². The zero-order valence-electron chi connectivity index (χ0n) is 8.56. The van der Waals surface area contributed by atoms with Crippen molar-refractivity contribution in [1.29, 1.82) is 0 Å². The van der Waals surface area contributed by atoms with Crippen LogP contribution in [0.1, 0.15) is 18.9 Å². The first-order chi connectivity index (χ1) is 7.09. The summed E-state index contributed by atoms with van der Waals surface area (Å²) in [7, 11) is 0. The Morgan fingerprint density at radius 3 is 2.80 bits per heavy atom. The van der Waals surface area contributed by atoms with Gasteiger partial charge >= 0.3 is 0 Å². The van der Waals surface area contributed by atoms with Gasteiger partial charge in [0.1, 0.15) is 5.82 Å². The predicted molar refractivity (Wildman–Crippen MR) is 63.0 cm³/mol. The van der Waals surface area contributed by atoms with Gasteiger partial charge < -0.3 is 5.32 Å². The van der Waals surface area contributed by atoms with Crippen LogP contribution in [0.2, 0.25) is 5.02 Å². The van der Waals surface area contributed by atoms with Crippen LogP contribution in [0.3, 0.4) is 0 Å². The topological polar surface area (TPSA) is 12.0 Å². The molecule has 1 N–H and O–H groups in total. The van der Waals surface area contributed by atoms with Gasteiger partial charge in [-0.2, -0.15) is 0 Å². The largest absolute Gasteiger partial charge is 0.313 e. The van der Waals surface area contributed by atoms with Crippen molar-refractivity contribution < 1.29 is 4.39 Å². The maximum atomic E-state index is 13.3. The van der Waals surface area contributed by atoms with Gasteiger partial charge in [0.25, 0.3) is 0 Å². The summed E-state index contributed by atoms with van der Waals surface area (Å²) in [5.74, 6) is -0.270. The normalized spacial score (nSPS) is 12.8. The summed E-state index contributed by atoms with van der Waals surface area (Å²) in [5.41, 5.74) is 0.627. The number of hydrogen-bond acceptors (Lipinski definition) is 1. The third-order valence-electron chi connectivity index (χ3n) is 2.05. The van der Waals surface area contributed by atoms with Crippen LogP contribution in [-0.4, -0.2) is 11.9 Å². The molecule has 0 aliphatic carbocycles. The molecule has 0 radical (unpaired) electrons. The van der Waals surface area contributed by atoms with Crippen molar-refractivity contribution in [2.24, 2.45) is 0 Å². The van der Waals surface area contributed by atoms with Crippen molar-refractivity contribution in [2.75, 3.05) is 6.54 Å². The van der Waals surface area contributed by atoms with E-state index >= 15 is 0 Å². The molecule has 0 amide bonds. The van der Waals surface area contributed by atoms with Crippen LogP contribution in [0.5, 0.6) is 0 Å². The molecule has 0 fully saturated rings. The van der Waals surface area contributed by atoms with Crippen LogP contribution in [-0.2, 0) is 6.54 Å². The van der Waals surface area contributed by atoms with Crippen LogP contribution in [0, 0.1) is 5.82 Å². The molecule has 1 nitrogen and oxygen atoms in total. The first kappa shape index (κ1) is 12.8. The van der Waals surface area contributed by atoms with Crippen LogP contribution < -0.4 is 5.32 Å². The standard InChI is InChI=1S/C11H14Cl2FN/c1-8(12)4-5-15-7-9-2-3-10(13)6-11(9)14/h2-3,6,8,15H,4-5,7H2,1H3. The van der Waals surface area contributed by atoms with Crippen molar-refractivity contribution >= 4 is 23.2 Å². The highest BCUT2D eigenvalue weighted by molar-refractivity contribution is 6.30. The van der Waals surface area contributed by atoms with Crippen molar-refractivity contribution in [1.82, 2.24) is 5.32 Å². The first-order valence-electron chi connectivity index (χ1n) is 4.88. The lowest BCUT2D eigenvalue weighted by Gasteiger charge is -2.07. The molecular formula is C11H14Cl2FN. The minimum absolute atomic E-state index is 0.146. The zero-order valence-corrected chi connectivity index (χ0v) is 10.1. The number of rotatable bonds is 5. The Balaban J connectivity index is 2.37. The summed E-state index contributed by atoms with van der Waals surface area (Å²) in [6, 6.07) is 4.70. The molecule has 1 aromatic rings. The second kappa shape index (κ2) is 6.31. The Labute approximate surface area is 99.6 Å². The fourth-order valence-corrected chi connectivity index (χ4v) is 1.46. The Hall–Kier alpha value is -0.310. The number of nitrogens with one attached hydrogen (secondary N) is 1. The van der Waals surface area contributed by atoms with Crippen molar-refractivity contribution in [3.05, 3.63) is 34.6 Å². The van der Waals surface area contributed by atoms with Gasteiger partial charge in [0.2, 0.25) is 0 Å². The Bertz CT molecular complexity index is 315. The second-order valence-corrected chi connectivity index (χ2v) is 4.66. The maximum absolute atomic E-state index is 13.3. The van der Waals surface area contributed by atoms with Gasteiger partial charge in [-0.05, 0) is 32.0 Å². The summed E-state index contributed by atoms with van der Waals surface area (Å²) in [4.78, 5) is 0. The molecule has 4 heteroatoms. The van der Waals surface area contributed by atoms with Gasteiger partial charge in [0.05, 0.1) is 0 Å². The SMILES string of the molecule is CC(Cl)CCNCc1ccc(Cl)cc1F. The van der Waals surface area contributed by atoms with E-state index < -0.39 is 0 Å².